The molecule has 2 aromatic rings. The summed E-state index contributed by atoms with van der Waals surface area (Å²) in [5.41, 5.74) is 9.73. The normalized spacial score (nSPS) is 18.5. The van der Waals surface area contributed by atoms with Crippen molar-refractivity contribution in [2.75, 3.05) is 13.6 Å². The van der Waals surface area contributed by atoms with Crippen molar-refractivity contribution in [2.24, 2.45) is 5.73 Å². The van der Waals surface area contributed by atoms with Crippen molar-refractivity contribution in [3.8, 4) is 5.75 Å². The molecule has 1 aliphatic heterocycles. The molecule has 3 rings (SSSR count). The number of nitrogens with zero attached hydrogens (tertiary/aromatic N) is 1. The molecule has 4 heteroatoms. The van der Waals surface area contributed by atoms with Gasteiger partial charge in [0.15, 0.2) is 0 Å². The second-order valence-corrected chi connectivity index (χ2v) is 5.75. The number of rotatable bonds is 1. The van der Waals surface area contributed by atoms with Gasteiger partial charge in [-0.2, -0.15) is 0 Å². The van der Waals surface area contributed by atoms with Gasteiger partial charge in [0, 0.05) is 23.4 Å². The summed E-state index contributed by atoms with van der Waals surface area (Å²) >= 11 is 0. The van der Waals surface area contributed by atoms with Gasteiger partial charge >= 0.3 is 0 Å². The van der Waals surface area contributed by atoms with Gasteiger partial charge in [0.2, 0.25) is 0 Å². The molecule has 1 unspecified atom stereocenters. The van der Waals surface area contributed by atoms with Gasteiger partial charge in [-0.25, -0.2) is 4.39 Å². The molecule has 0 radical (unpaired) electrons. The lowest BCUT2D eigenvalue weighted by Gasteiger charge is -2.28. The van der Waals surface area contributed by atoms with Gasteiger partial charge < -0.3 is 10.8 Å². The van der Waals surface area contributed by atoms with Gasteiger partial charge in [0.25, 0.3) is 0 Å². The minimum Gasteiger partial charge on any atom is -0.508 e. The molecule has 0 aliphatic carbocycles. The topological polar surface area (TPSA) is 49.5 Å². The Morgan fingerprint density at radius 3 is 2.73 bits per heavy atom. The molecule has 0 saturated carbocycles. The van der Waals surface area contributed by atoms with Crippen molar-refractivity contribution < 1.29 is 9.50 Å². The van der Waals surface area contributed by atoms with E-state index in [1.807, 2.05) is 42.3 Å². The summed E-state index contributed by atoms with van der Waals surface area (Å²) in [4.78, 5) is 2.04. The van der Waals surface area contributed by atoms with E-state index in [1.165, 1.54) is 12.1 Å². The summed E-state index contributed by atoms with van der Waals surface area (Å²) < 4.78 is 14.0. The van der Waals surface area contributed by atoms with E-state index in [1.54, 1.807) is 6.92 Å². The van der Waals surface area contributed by atoms with Crippen LogP contribution in [0.25, 0.3) is 5.70 Å². The molecule has 3 N–H and O–H groups in total. The number of fused-ring (bicyclic) bond motifs is 1. The summed E-state index contributed by atoms with van der Waals surface area (Å²) in [5, 5.41) is 10.3. The number of halogens is 1. The molecule has 0 bridgehead atoms. The maximum absolute atomic E-state index is 14.0. The van der Waals surface area contributed by atoms with Crippen molar-refractivity contribution >= 4 is 5.70 Å². The number of hydrogen-bond donors (Lipinski definition) is 2. The van der Waals surface area contributed by atoms with Crippen LogP contribution in [-0.4, -0.2) is 23.6 Å². The van der Waals surface area contributed by atoms with E-state index in [9.17, 15) is 9.50 Å². The van der Waals surface area contributed by atoms with Crippen LogP contribution in [0.5, 0.6) is 5.75 Å². The quantitative estimate of drug-likeness (QED) is 0.850. The van der Waals surface area contributed by atoms with Crippen LogP contribution in [0.4, 0.5) is 4.39 Å². The highest BCUT2D eigenvalue weighted by molar-refractivity contribution is 5.68. The molecule has 3 nitrogen and oxygen atoms in total. The number of aryl methyl sites for hydroxylation is 1. The monoisotopic (exact) mass is 298 g/mol. The largest absolute Gasteiger partial charge is 0.508 e. The van der Waals surface area contributed by atoms with Crippen molar-refractivity contribution in [3.05, 3.63) is 70.5 Å². The predicted octanol–water partition coefficient (Wildman–Crippen LogP) is 3.17. The van der Waals surface area contributed by atoms with E-state index in [-0.39, 0.29) is 17.6 Å². The Morgan fingerprint density at radius 2 is 1.95 bits per heavy atom. The lowest BCUT2D eigenvalue weighted by molar-refractivity contribution is 0.302. The van der Waals surface area contributed by atoms with Crippen LogP contribution in [0.15, 0.2) is 42.5 Å². The van der Waals surface area contributed by atoms with Crippen molar-refractivity contribution in [3.63, 3.8) is 0 Å². The zero-order valence-electron chi connectivity index (χ0n) is 12.7. The first-order valence-electron chi connectivity index (χ1n) is 7.23. The van der Waals surface area contributed by atoms with Gasteiger partial charge in [0.1, 0.15) is 11.6 Å². The summed E-state index contributed by atoms with van der Waals surface area (Å²) in [7, 11) is 1.94. The number of likely N-dealkylation sites (N-methyl/N-ethyl adjacent to an activating group) is 1. The van der Waals surface area contributed by atoms with Gasteiger partial charge in [-0.05, 0) is 43.3 Å². The summed E-state index contributed by atoms with van der Waals surface area (Å²) in [6.45, 7) is 2.27. The highest BCUT2D eigenvalue weighted by Crippen LogP contribution is 2.38. The predicted molar refractivity (Wildman–Crippen MR) is 85.9 cm³/mol. The fourth-order valence-corrected chi connectivity index (χ4v) is 3.00. The molecular weight excluding hydrogens is 279 g/mol. The molecule has 0 saturated heterocycles. The highest BCUT2D eigenvalue weighted by atomic mass is 19.1. The van der Waals surface area contributed by atoms with Gasteiger partial charge in [-0.3, -0.25) is 4.90 Å². The van der Waals surface area contributed by atoms with E-state index in [0.717, 1.165) is 11.1 Å². The number of phenols is 1. The van der Waals surface area contributed by atoms with E-state index in [0.29, 0.717) is 23.4 Å². The molecule has 0 amide bonds. The molecule has 0 spiro atoms. The Bertz CT molecular complexity index is 755. The number of nitrogens with two attached hydrogens (primary N) is 1. The maximum Gasteiger partial charge on any atom is 0.126 e. The first-order chi connectivity index (χ1) is 10.5. The van der Waals surface area contributed by atoms with Crippen LogP contribution in [-0.2, 0) is 0 Å². The van der Waals surface area contributed by atoms with Gasteiger partial charge in [0.05, 0.1) is 6.04 Å². The average molecular weight is 298 g/mol. The van der Waals surface area contributed by atoms with E-state index >= 15 is 0 Å². The summed E-state index contributed by atoms with van der Waals surface area (Å²) in [6, 6.07) is 10.4. The van der Waals surface area contributed by atoms with Crippen molar-refractivity contribution in [1.29, 1.82) is 0 Å². The fraction of sp³-hybridized carbons (Fsp3) is 0.222. The van der Waals surface area contributed by atoms with E-state index < -0.39 is 0 Å². The molecule has 2 aromatic carbocycles. The Labute approximate surface area is 129 Å². The van der Waals surface area contributed by atoms with Crippen molar-refractivity contribution in [1.82, 2.24) is 4.90 Å². The molecule has 114 valence electrons. The van der Waals surface area contributed by atoms with E-state index in [2.05, 4.69) is 0 Å². The fourth-order valence-electron chi connectivity index (χ4n) is 3.00. The minimum atomic E-state index is -0.316. The smallest absolute Gasteiger partial charge is 0.126 e. The number of benzene rings is 2. The van der Waals surface area contributed by atoms with Crippen molar-refractivity contribution in [2.45, 2.75) is 13.0 Å². The lowest BCUT2D eigenvalue weighted by atomic mass is 9.92. The highest BCUT2D eigenvalue weighted by Gasteiger charge is 2.27. The number of phenolic OH excluding ortho intramolecular Hbond substituents is 1. The van der Waals surface area contributed by atoms with Crippen LogP contribution < -0.4 is 5.73 Å². The van der Waals surface area contributed by atoms with Crippen LogP contribution in [0.3, 0.4) is 0 Å². The minimum absolute atomic E-state index is 0.103. The van der Waals surface area contributed by atoms with Gasteiger partial charge in [-0.15, -0.1) is 0 Å². The SMILES string of the molecule is Cc1cc(O)c(C2c3ccccc3C(N)=CCN2C)cc1F. The first-order valence-corrected chi connectivity index (χ1v) is 7.23. The maximum atomic E-state index is 14.0. The third-order valence-electron chi connectivity index (χ3n) is 4.21. The molecule has 1 atom stereocenters. The van der Waals surface area contributed by atoms with Gasteiger partial charge in [-0.1, -0.05) is 24.3 Å². The summed E-state index contributed by atoms with van der Waals surface area (Å²) in [6.07, 6.45) is 1.94. The molecule has 0 aromatic heterocycles. The Kier molecular flexibility index (Phi) is 3.62. The second-order valence-electron chi connectivity index (χ2n) is 5.75. The third-order valence-corrected chi connectivity index (χ3v) is 4.21. The van der Waals surface area contributed by atoms with Crippen LogP contribution >= 0.6 is 0 Å². The van der Waals surface area contributed by atoms with Crippen LogP contribution in [0.2, 0.25) is 0 Å². The Hall–Kier alpha value is -2.33. The summed E-state index contributed by atoms with van der Waals surface area (Å²) in [5.74, 6) is -0.213. The Morgan fingerprint density at radius 1 is 1.23 bits per heavy atom. The average Bonchev–Trinajstić information content (AvgIpc) is 2.62. The first kappa shape index (κ1) is 14.6. The molecule has 22 heavy (non-hydrogen) atoms. The number of aromatic hydroxyl groups is 1. The number of hydrogen-bond acceptors (Lipinski definition) is 3. The molecule has 1 aliphatic rings. The molecule has 1 heterocycles. The molecule has 0 fully saturated rings. The second kappa shape index (κ2) is 5.46. The standard InChI is InChI=1S/C18H19FN2O/c1-11-9-17(22)14(10-15(11)19)18-13-6-4-3-5-12(13)16(20)7-8-21(18)2/h3-7,9-10,18,22H,8,20H2,1-2H3. The third kappa shape index (κ3) is 2.35. The molecular formula is C18H19FN2O. The zero-order valence-corrected chi connectivity index (χ0v) is 12.7. The zero-order chi connectivity index (χ0) is 15.9. The van der Waals surface area contributed by atoms with E-state index in [4.69, 9.17) is 5.73 Å². The lowest BCUT2D eigenvalue weighted by Crippen LogP contribution is -2.25. The van der Waals surface area contributed by atoms with Crippen LogP contribution in [0.1, 0.15) is 28.3 Å². The van der Waals surface area contributed by atoms with Crippen LogP contribution in [0, 0.1) is 12.7 Å². The Balaban J connectivity index is 2.22.